The molecule has 0 bridgehead atoms. The van der Waals surface area contributed by atoms with Gasteiger partial charge in [-0.25, -0.2) is 9.59 Å². The predicted molar refractivity (Wildman–Crippen MR) is 112 cm³/mol. The third-order valence-electron chi connectivity index (χ3n) is 5.54. The van der Waals surface area contributed by atoms with Gasteiger partial charge in [0.15, 0.2) is 6.54 Å². The number of quaternary nitrogens is 2. The van der Waals surface area contributed by atoms with Crippen molar-refractivity contribution < 1.29 is 33.7 Å². The van der Waals surface area contributed by atoms with Gasteiger partial charge in [0.1, 0.15) is 31.2 Å². The summed E-state index contributed by atoms with van der Waals surface area (Å²) >= 11 is 1.35. The van der Waals surface area contributed by atoms with E-state index in [0.29, 0.717) is 43.2 Å². The van der Waals surface area contributed by atoms with Gasteiger partial charge < -0.3 is 29.5 Å². The van der Waals surface area contributed by atoms with E-state index in [9.17, 15) is 14.4 Å². The van der Waals surface area contributed by atoms with Crippen LogP contribution in [0.4, 0.5) is 9.80 Å². The molecule has 3 N–H and O–H groups in total. The largest absolute Gasteiger partial charge is 0.462 e. The van der Waals surface area contributed by atoms with Crippen molar-refractivity contribution in [3.8, 4) is 0 Å². The standard InChI is InChI=1S/C20H30N4O5S/c1-4-28-19(26)17-14-6-7-24(20(27)29-5-2)12-15(14)30-18(17)21-16(25)13-23-10-8-22(3)9-11-23/h4-13H2,1-3H3,(H,21,25)/p+2. The summed E-state index contributed by atoms with van der Waals surface area (Å²) in [6.07, 6.45) is 0.168. The number of hydrogen-bond donors (Lipinski definition) is 3. The molecule has 3 rings (SSSR count). The van der Waals surface area contributed by atoms with E-state index < -0.39 is 5.97 Å². The average Bonchev–Trinajstić information content (AvgIpc) is 3.06. The summed E-state index contributed by atoms with van der Waals surface area (Å²) < 4.78 is 10.4. The van der Waals surface area contributed by atoms with Gasteiger partial charge in [-0.3, -0.25) is 4.79 Å². The SMILES string of the molecule is CCOC(=O)c1c(NC(=O)C[NH+]2CC[NH+](C)CC2)sc2c1CCN(C(=O)OCC)C2. The number of esters is 1. The zero-order valence-corrected chi connectivity index (χ0v) is 18.8. The lowest BCUT2D eigenvalue weighted by molar-refractivity contribution is -0.999. The Morgan fingerprint density at radius 2 is 1.80 bits per heavy atom. The van der Waals surface area contributed by atoms with Crippen LogP contribution in [0, 0.1) is 0 Å². The molecule has 0 saturated carbocycles. The summed E-state index contributed by atoms with van der Waals surface area (Å²) in [5, 5.41) is 3.47. The molecule has 9 nitrogen and oxygen atoms in total. The smallest absolute Gasteiger partial charge is 0.410 e. The molecule has 1 fully saturated rings. The van der Waals surface area contributed by atoms with Gasteiger partial charge in [0.05, 0.1) is 32.4 Å². The molecule has 0 atom stereocenters. The number of carbonyl (C=O) groups is 3. The molecule has 10 heteroatoms. The molecule has 1 saturated heterocycles. The van der Waals surface area contributed by atoms with Crippen LogP contribution in [0.15, 0.2) is 0 Å². The second-order valence-corrected chi connectivity index (χ2v) is 8.84. The summed E-state index contributed by atoms with van der Waals surface area (Å²) in [6, 6.07) is 0. The maximum Gasteiger partial charge on any atom is 0.410 e. The van der Waals surface area contributed by atoms with Gasteiger partial charge in [0, 0.05) is 11.4 Å². The van der Waals surface area contributed by atoms with Crippen LogP contribution in [0.3, 0.4) is 0 Å². The van der Waals surface area contributed by atoms with Gasteiger partial charge in [-0.05, 0) is 25.8 Å². The fraction of sp³-hybridized carbons (Fsp3) is 0.650. The van der Waals surface area contributed by atoms with Crippen LogP contribution in [-0.4, -0.2) is 82.4 Å². The minimum atomic E-state index is -0.426. The van der Waals surface area contributed by atoms with Gasteiger partial charge in [0.25, 0.3) is 5.91 Å². The Kier molecular flexibility index (Phi) is 7.68. The number of ether oxygens (including phenoxy) is 2. The molecule has 2 aliphatic rings. The molecule has 0 aliphatic carbocycles. The summed E-state index contributed by atoms with van der Waals surface area (Å²) in [5.41, 5.74) is 1.30. The maximum atomic E-state index is 12.7. The van der Waals surface area contributed by atoms with E-state index in [0.717, 1.165) is 36.6 Å². The van der Waals surface area contributed by atoms with E-state index in [4.69, 9.17) is 9.47 Å². The molecule has 166 valence electrons. The summed E-state index contributed by atoms with van der Waals surface area (Å²) in [4.78, 5) is 42.7. The van der Waals surface area contributed by atoms with Gasteiger partial charge in [-0.15, -0.1) is 11.3 Å². The van der Waals surface area contributed by atoms with Gasteiger partial charge >= 0.3 is 12.1 Å². The van der Waals surface area contributed by atoms with Crippen LogP contribution in [0.25, 0.3) is 0 Å². The van der Waals surface area contributed by atoms with Crippen molar-refractivity contribution in [1.82, 2.24) is 4.90 Å². The van der Waals surface area contributed by atoms with E-state index in [1.807, 2.05) is 0 Å². The van der Waals surface area contributed by atoms with Crippen molar-refractivity contribution in [2.45, 2.75) is 26.8 Å². The number of likely N-dealkylation sites (N-methyl/N-ethyl adjacent to an activating group) is 1. The Morgan fingerprint density at radius 3 is 2.47 bits per heavy atom. The highest BCUT2D eigenvalue weighted by Crippen LogP contribution is 2.37. The van der Waals surface area contributed by atoms with Crippen LogP contribution in [0.5, 0.6) is 0 Å². The lowest BCUT2D eigenvalue weighted by atomic mass is 10.0. The van der Waals surface area contributed by atoms with E-state index >= 15 is 0 Å². The third-order valence-corrected chi connectivity index (χ3v) is 6.67. The Balaban J connectivity index is 1.75. The molecular formula is C20H32N4O5S+2. The van der Waals surface area contributed by atoms with Crippen molar-refractivity contribution in [2.75, 3.05) is 64.8 Å². The molecule has 1 aromatic heterocycles. The van der Waals surface area contributed by atoms with Crippen molar-refractivity contribution in [1.29, 1.82) is 0 Å². The minimum absolute atomic E-state index is 0.101. The van der Waals surface area contributed by atoms with Gasteiger partial charge in [0.2, 0.25) is 0 Å². The Morgan fingerprint density at radius 1 is 1.10 bits per heavy atom. The van der Waals surface area contributed by atoms with Crippen molar-refractivity contribution >= 4 is 34.3 Å². The predicted octanol–water partition coefficient (Wildman–Crippen LogP) is -1.21. The first-order chi connectivity index (χ1) is 14.4. The number of piperazine rings is 1. The van der Waals surface area contributed by atoms with Crippen molar-refractivity contribution in [2.24, 2.45) is 0 Å². The summed E-state index contributed by atoms with van der Waals surface area (Å²) in [7, 11) is 2.16. The van der Waals surface area contributed by atoms with Gasteiger partial charge in [-0.1, -0.05) is 0 Å². The fourth-order valence-electron chi connectivity index (χ4n) is 3.89. The zero-order valence-electron chi connectivity index (χ0n) is 18.0. The number of thiophene rings is 1. The van der Waals surface area contributed by atoms with Crippen LogP contribution in [-0.2, 0) is 27.2 Å². The van der Waals surface area contributed by atoms with Crippen LogP contribution < -0.4 is 15.1 Å². The molecule has 1 aromatic rings. The monoisotopic (exact) mass is 440 g/mol. The number of hydrogen-bond acceptors (Lipinski definition) is 6. The number of rotatable bonds is 6. The normalized spacial score (nSPS) is 21.0. The third kappa shape index (κ3) is 5.30. The Labute approximate surface area is 180 Å². The fourth-order valence-corrected chi connectivity index (χ4v) is 5.15. The Hall–Kier alpha value is -2.17. The van der Waals surface area contributed by atoms with Gasteiger partial charge in [-0.2, -0.15) is 0 Å². The highest BCUT2D eigenvalue weighted by molar-refractivity contribution is 7.17. The number of nitrogens with zero attached hydrogens (tertiary/aromatic N) is 1. The molecule has 2 aliphatic heterocycles. The summed E-state index contributed by atoms with van der Waals surface area (Å²) in [5.74, 6) is -0.527. The quantitative estimate of drug-likeness (QED) is 0.483. The second-order valence-electron chi connectivity index (χ2n) is 7.73. The molecule has 0 spiro atoms. The number of carbonyl (C=O) groups excluding carboxylic acids is 3. The molecule has 0 aromatic carbocycles. The number of nitrogens with one attached hydrogen (secondary N) is 3. The Bertz CT molecular complexity index is 788. The lowest BCUT2D eigenvalue weighted by Gasteiger charge is -2.26. The maximum absolute atomic E-state index is 12.7. The topological polar surface area (TPSA) is 93.8 Å². The first kappa shape index (κ1) is 22.5. The number of anilines is 1. The highest BCUT2D eigenvalue weighted by atomic mass is 32.1. The first-order valence-corrected chi connectivity index (χ1v) is 11.4. The molecule has 2 amide bonds. The molecular weight excluding hydrogens is 408 g/mol. The summed E-state index contributed by atoms with van der Waals surface area (Å²) in [6.45, 7) is 9.35. The molecule has 3 heterocycles. The second kappa shape index (κ2) is 10.2. The van der Waals surface area contributed by atoms with Crippen LogP contribution in [0.1, 0.15) is 34.6 Å². The molecule has 30 heavy (non-hydrogen) atoms. The molecule has 0 radical (unpaired) electrons. The van der Waals surface area contributed by atoms with E-state index in [-0.39, 0.29) is 18.6 Å². The highest BCUT2D eigenvalue weighted by Gasteiger charge is 2.32. The minimum Gasteiger partial charge on any atom is -0.462 e. The van der Waals surface area contributed by atoms with Crippen molar-refractivity contribution in [3.05, 3.63) is 16.0 Å². The van der Waals surface area contributed by atoms with Crippen molar-refractivity contribution in [3.63, 3.8) is 0 Å². The van der Waals surface area contributed by atoms with E-state index in [1.54, 1.807) is 18.7 Å². The first-order valence-electron chi connectivity index (χ1n) is 10.6. The zero-order chi connectivity index (χ0) is 21.7. The lowest BCUT2D eigenvalue weighted by Crippen LogP contribution is -3.27. The number of amides is 2. The van der Waals surface area contributed by atoms with E-state index in [1.165, 1.54) is 21.1 Å². The van der Waals surface area contributed by atoms with E-state index in [2.05, 4.69) is 12.4 Å². The van der Waals surface area contributed by atoms with Crippen LogP contribution in [0.2, 0.25) is 0 Å². The molecule has 0 unspecified atom stereocenters. The average molecular weight is 441 g/mol. The van der Waals surface area contributed by atoms with Crippen LogP contribution >= 0.6 is 11.3 Å². The number of fused-ring (bicyclic) bond motifs is 1.